The fraction of sp³-hybridized carbons (Fsp3) is 0.200. The Morgan fingerprint density at radius 1 is 1.33 bits per heavy atom. The predicted octanol–water partition coefficient (Wildman–Crippen LogP) is 1.68. The van der Waals surface area contributed by atoms with Gasteiger partial charge in [-0.25, -0.2) is 4.21 Å². The largest absolute Gasteiger partial charge is 0.497 e. The Hall–Kier alpha value is -2.65. The van der Waals surface area contributed by atoms with Crippen LogP contribution in [0.3, 0.4) is 0 Å². The molecule has 0 aliphatic carbocycles. The zero-order valence-electron chi connectivity index (χ0n) is 13.1. The summed E-state index contributed by atoms with van der Waals surface area (Å²) in [6, 6.07) is 8.09. The van der Waals surface area contributed by atoms with Crippen molar-refractivity contribution in [3.63, 3.8) is 0 Å². The number of hydrogen-bond donors (Lipinski definition) is 2. The zero-order valence-corrected chi connectivity index (χ0v) is 13.9. The molecule has 2 rings (SSSR count). The third-order valence-corrected chi connectivity index (χ3v) is 3.78. The lowest BCUT2D eigenvalue weighted by Gasteiger charge is -2.22. The van der Waals surface area contributed by atoms with E-state index in [0.717, 1.165) is 4.31 Å². The molecule has 8 nitrogen and oxygen atoms in total. The van der Waals surface area contributed by atoms with Crippen molar-refractivity contribution in [1.82, 2.24) is 4.98 Å². The van der Waals surface area contributed by atoms with Gasteiger partial charge in [0, 0.05) is 12.3 Å². The van der Waals surface area contributed by atoms with Gasteiger partial charge >= 0.3 is 0 Å². The maximum absolute atomic E-state index is 12.2. The summed E-state index contributed by atoms with van der Waals surface area (Å²) in [5.41, 5.74) is 0.753. The van der Waals surface area contributed by atoms with Crippen molar-refractivity contribution < 1.29 is 23.0 Å². The third kappa shape index (κ3) is 4.43. The Kier molecular flexibility index (Phi) is 6.10. The van der Waals surface area contributed by atoms with E-state index in [1.165, 1.54) is 26.5 Å². The molecule has 1 atom stereocenters. The molecule has 0 fully saturated rings. The number of methoxy groups -OCH3 is 2. The van der Waals surface area contributed by atoms with Crippen LogP contribution in [0.25, 0.3) is 0 Å². The van der Waals surface area contributed by atoms with E-state index >= 15 is 0 Å². The quantitative estimate of drug-likeness (QED) is 0.736. The van der Waals surface area contributed by atoms with Gasteiger partial charge in [0.05, 0.1) is 31.8 Å². The standard InChI is InChI=1S/C15H17N3O5S/c1-22-12-5-6-14(23-2)13(8-12)18(24(20)21)10-15(19)17-11-4-3-7-16-9-11/h3-9H,10H2,1-2H3,(H,17,19)(H,20,21). The molecule has 128 valence electrons. The maximum Gasteiger partial charge on any atom is 0.262 e. The number of carbonyl (C=O) groups excluding carboxylic acids is 1. The summed E-state index contributed by atoms with van der Waals surface area (Å²) in [6.45, 7) is -0.360. The topological polar surface area (TPSA) is 101 Å². The van der Waals surface area contributed by atoms with Gasteiger partial charge in [0.25, 0.3) is 11.3 Å². The molecular weight excluding hydrogens is 334 g/mol. The van der Waals surface area contributed by atoms with Gasteiger partial charge in [-0.1, -0.05) is 0 Å². The van der Waals surface area contributed by atoms with Gasteiger partial charge in [-0.3, -0.25) is 18.6 Å². The molecule has 0 aliphatic rings. The molecule has 0 saturated heterocycles. The Morgan fingerprint density at radius 3 is 2.71 bits per heavy atom. The van der Waals surface area contributed by atoms with E-state index in [-0.39, 0.29) is 12.2 Å². The number of pyridine rings is 1. The number of aromatic nitrogens is 1. The van der Waals surface area contributed by atoms with Crippen molar-refractivity contribution in [2.24, 2.45) is 0 Å². The normalized spacial score (nSPS) is 11.5. The lowest BCUT2D eigenvalue weighted by Crippen LogP contribution is -2.34. The summed E-state index contributed by atoms with van der Waals surface area (Å²) in [5, 5.41) is 2.60. The predicted molar refractivity (Wildman–Crippen MR) is 90.5 cm³/mol. The summed E-state index contributed by atoms with van der Waals surface area (Å²) in [6.07, 6.45) is 3.05. The van der Waals surface area contributed by atoms with Crippen LogP contribution in [0.1, 0.15) is 0 Å². The molecule has 0 spiro atoms. The van der Waals surface area contributed by atoms with Gasteiger partial charge < -0.3 is 14.8 Å². The number of benzene rings is 1. The van der Waals surface area contributed by atoms with Crippen LogP contribution < -0.4 is 19.1 Å². The molecule has 1 unspecified atom stereocenters. The highest BCUT2D eigenvalue weighted by molar-refractivity contribution is 7.80. The lowest BCUT2D eigenvalue weighted by atomic mass is 10.2. The van der Waals surface area contributed by atoms with E-state index < -0.39 is 17.2 Å². The zero-order chi connectivity index (χ0) is 17.5. The van der Waals surface area contributed by atoms with Crippen LogP contribution in [0, 0.1) is 0 Å². The summed E-state index contributed by atoms with van der Waals surface area (Å²) in [5.74, 6) is 0.330. The number of hydrogen-bond acceptors (Lipinski definition) is 5. The first-order valence-corrected chi connectivity index (χ1v) is 7.92. The first-order chi connectivity index (χ1) is 11.5. The minimum atomic E-state index is -2.43. The van der Waals surface area contributed by atoms with Crippen LogP contribution in [-0.4, -0.2) is 40.4 Å². The molecule has 24 heavy (non-hydrogen) atoms. The summed E-state index contributed by atoms with van der Waals surface area (Å²) >= 11 is -2.43. The minimum Gasteiger partial charge on any atom is -0.497 e. The SMILES string of the molecule is COc1ccc(OC)c(N(CC(=O)Nc2cccnc2)S(=O)O)c1. The van der Waals surface area contributed by atoms with E-state index in [4.69, 9.17) is 9.47 Å². The Balaban J connectivity index is 2.23. The number of carbonyl (C=O) groups is 1. The van der Waals surface area contributed by atoms with Gasteiger partial charge in [0.1, 0.15) is 18.0 Å². The van der Waals surface area contributed by atoms with Crippen LogP contribution in [-0.2, 0) is 16.1 Å². The van der Waals surface area contributed by atoms with Crippen molar-refractivity contribution in [2.45, 2.75) is 0 Å². The summed E-state index contributed by atoms with van der Waals surface area (Å²) in [4.78, 5) is 16.0. The van der Waals surface area contributed by atoms with Gasteiger partial charge in [-0.05, 0) is 24.3 Å². The van der Waals surface area contributed by atoms with Crippen LogP contribution in [0.15, 0.2) is 42.7 Å². The van der Waals surface area contributed by atoms with Crippen LogP contribution >= 0.6 is 0 Å². The Morgan fingerprint density at radius 2 is 2.12 bits per heavy atom. The fourth-order valence-corrected chi connectivity index (χ4v) is 2.52. The highest BCUT2D eigenvalue weighted by Gasteiger charge is 2.21. The monoisotopic (exact) mass is 351 g/mol. The van der Waals surface area contributed by atoms with E-state index in [0.29, 0.717) is 17.2 Å². The van der Waals surface area contributed by atoms with Crippen LogP contribution in [0.4, 0.5) is 11.4 Å². The lowest BCUT2D eigenvalue weighted by molar-refractivity contribution is -0.114. The van der Waals surface area contributed by atoms with Gasteiger partial charge in [-0.2, -0.15) is 0 Å². The highest BCUT2D eigenvalue weighted by Crippen LogP contribution is 2.32. The Bertz CT molecular complexity index is 726. The van der Waals surface area contributed by atoms with Crippen molar-refractivity contribution in [3.05, 3.63) is 42.7 Å². The van der Waals surface area contributed by atoms with Crippen molar-refractivity contribution in [1.29, 1.82) is 0 Å². The van der Waals surface area contributed by atoms with Crippen molar-refractivity contribution in [3.8, 4) is 11.5 Å². The molecule has 0 saturated carbocycles. The molecule has 0 radical (unpaired) electrons. The van der Waals surface area contributed by atoms with E-state index in [1.807, 2.05) is 0 Å². The number of amides is 1. The van der Waals surface area contributed by atoms with E-state index in [9.17, 15) is 13.6 Å². The minimum absolute atomic E-state index is 0.263. The average molecular weight is 351 g/mol. The molecule has 2 aromatic rings. The number of nitrogens with zero attached hydrogens (tertiary/aromatic N) is 2. The van der Waals surface area contributed by atoms with Gasteiger partial charge in [0.2, 0.25) is 5.91 Å². The molecule has 2 N–H and O–H groups in total. The fourth-order valence-electron chi connectivity index (χ4n) is 1.98. The number of rotatable bonds is 7. The summed E-state index contributed by atoms with van der Waals surface area (Å²) < 4.78 is 32.6. The summed E-state index contributed by atoms with van der Waals surface area (Å²) in [7, 11) is 2.90. The first kappa shape index (κ1) is 17.7. The van der Waals surface area contributed by atoms with Gasteiger partial charge in [-0.15, -0.1) is 0 Å². The third-order valence-electron chi connectivity index (χ3n) is 3.08. The number of ether oxygens (including phenoxy) is 2. The molecule has 0 aliphatic heterocycles. The molecule has 1 amide bonds. The Labute approximate surface area is 141 Å². The second-order valence-electron chi connectivity index (χ2n) is 4.59. The molecule has 1 heterocycles. The van der Waals surface area contributed by atoms with Crippen LogP contribution in [0.2, 0.25) is 0 Å². The average Bonchev–Trinajstić information content (AvgIpc) is 2.59. The van der Waals surface area contributed by atoms with Crippen molar-refractivity contribution >= 4 is 28.5 Å². The molecule has 9 heteroatoms. The molecule has 1 aromatic carbocycles. The number of nitrogens with one attached hydrogen (secondary N) is 1. The molecule has 1 aromatic heterocycles. The second kappa shape index (κ2) is 8.27. The molecular formula is C15H17N3O5S. The smallest absolute Gasteiger partial charge is 0.262 e. The van der Waals surface area contributed by atoms with Crippen LogP contribution in [0.5, 0.6) is 11.5 Å². The molecule has 0 bridgehead atoms. The first-order valence-electron chi connectivity index (χ1n) is 6.85. The highest BCUT2D eigenvalue weighted by atomic mass is 32.2. The van der Waals surface area contributed by atoms with Gasteiger partial charge in [0.15, 0.2) is 0 Å². The number of anilines is 2. The second-order valence-corrected chi connectivity index (χ2v) is 5.50. The van der Waals surface area contributed by atoms with E-state index in [1.54, 1.807) is 30.5 Å². The van der Waals surface area contributed by atoms with Crippen molar-refractivity contribution in [2.75, 3.05) is 30.4 Å². The van der Waals surface area contributed by atoms with E-state index in [2.05, 4.69) is 10.3 Å². The maximum atomic E-state index is 12.2.